The first kappa shape index (κ1) is 17.0. The first-order valence-electron chi connectivity index (χ1n) is 7.85. The first-order valence-corrected chi connectivity index (χ1v) is 7.85. The van der Waals surface area contributed by atoms with E-state index in [1.165, 1.54) is 12.1 Å². The van der Waals surface area contributed by atoms with Gasteiger partial charge in [-0.25, -0.2) is 0 Å². The Morgan fingerprint density at radius 2 is 1.88 bits per heavy atom. The highest BCUT2D eigenvalue weighted by molar-refractivity contribution is 5.88. The Morgan fingerprint density at radius 3 is 2.60 bits per heavy atom. The van der Waals surface area contributed by atoms with E-state index in [1.54, 1.807) is 24.1 Å². The minimum absolute atomic E-state index is 0.0161. The molecule has 6 heteroatoms. The van der Waals surface area contributed by atoms with Gasteiger partial charge in [0.1, 0.15) is 5.75 Å². The summed E-state index contributed by atoms with van der Waals surface area (Å²) in [7, 11) is 1.72. The highest BCUT2D eigenvalue weighted by Crippen LogP contribution is 2.19. The van der Waals surface area contributed by atoms with Gasteiger partial charge in [-0.15, -0.1) is 0 Å². The molecule has 3 rings (SSSR count). The molecule has 0 aliphatic rings. The number of ether oxygens (including phenoxy) is 1. The molecule has 0 aliphatic carbocycles. The van der Waals surface area contributed by atoms with Gasteiger partial charge in [0, 0.05) is 30.7 Å². The third-order valence-electron chi connectivity index (χ3n) is 4.01. The van der Waals surface area contributed by atoms with Gasteiger partial charge in [-0.1, -0.05) is 30.3 Å². The number of amides is 1. The molecule has 0 unspecified atom stereocenters. The number of aromatic nitrogens is 1. The number of halogens is 2. The van der Waals surface area contributed by atoms with E-state index in [0.29, 0.717) is 13.0 Å². The molecule has 0 saturated carbocycles. The molecule has 3 aromatic rings. The zero-order chi connectivity index (χ0) is 17.8. The second-order valence-electron chi connectivity index (χ2n) is 5.81. The van der Waals surface area contributed by atoms with Crippen LogP contribution >= 0.6 is 0 Å². The lowest BCUT2D eigenvalue weighted by Gasteiger charge is -2.17. The number of rotatable bonds is 6. The molecule has 1 N–H and O–H groups in total. The van der Waals surface area contributed by atoms with Gasteiger partial charge in [-0.3, -0.25) is 4.79 Å². The molecule has 0 radical (unpaired) electrons. The summed E-state index contributed by atoms with van der Waals surface area (Å²) in [6.07, 6.45) is 2.15. The number of benzene rings is 2. The van der Waals surface area contributed by atoms with Gasteiger partial charge in [0.2, 0.25) is 5.91 Å². The fourth-order valence-corrected chi connectivity index (χ4v) is 2.71. The third kappa shape index (κ3) is 4.15. The highest BCUT2D eigenvalue weighted by atomic mass is 19.3. The number of nitrogens with zero attached hydrogens (tertiary/aromatic N) is 1. The molecular weight excluding hydrogens is 326 g/mol. The number of carbonyl (C=O) groups is 1. The van der Waals surface area contributed by atoms with E-state index in [-0.39, 0.29) is 11.7 Å². The molecule has 25 heavy (non-hydrogen) atoms. The lowest BCUT2D eigenvalue weighted by Crippen LogP contribution is -2.27. The number of carbonyl (C=O) groups excluding carboxylic acids is 1. The molecule has 1 amide bonds. The van der Waals surface area contributed by atoms with Crippen molar-refractivity contribution >= 4 is 16.8 Å². The molecule has 1 heterocycles. The maximum Gasteiger partial charge on any atom is 0.387 e. The fourth-order valence-electron chi connectivity index (χ4n) is 2.71. The van der Waals surface area contributed by atoms with Crippen molar-refractivity contribution in [3.8, 4) is 5.75 Å². The van der Waals surface area contributed by atoms with Crippen molar-refractivity contribution in [3.05, 3.63) is 65.9 Å². The highest BCUT2D eigenvalue weighted by Gasteiger charge is 2.13. The topological polar surface area (TPSA) is 45.3 Å². The van der Waals surface area contributed by atoms with Gasteiger partial charge in [-0.05, 0) is 29.3 Å². The van der Waals surface area contributed by atoms with Crippen molar-refractivity contribution in [2.75, 3.05) is 7.05 Å². The van der Waals surface area contributed by atoms with Crippen LogP contribution in [0.3, 0.4) is 0 Å². The molecule has 2 aromatic carbocycles. The molecule has 0 spiro atoms. The number of nitrogens with one attached hydrogen (secondary N) is 1. The van der Waals surface area contributed by atoms with Crippen LogP contribution in [0, 0.1) is 0 Å². The van der Waals surface area contributed by atoms with Crippen molar-refractivity contribution in [2.45, 2.75) is 19.6 Å². The minimum atomic E-state index is -2.84. The number of para-hydroxylation sites is 1. The van der Waals surface area contributed by atoms with Crippen molar-refractivity contribution in [1.29, 1.82) is 0 Å². The van der Waals surface area contributed by atoms with E-state index in [9.17, 15) is 13.6 Å². The maximum absolute atomic E-state index is 12.5. The molecule has 0 saturated heterocycles. The molecule has 130 valence electrons. The SMILES string of the molecule is CN(Cc1ccc(OC(F)F)cc1)C(=O)Cc1c[nH]c2ccccc12. The number of H-pyrrole nitrogens is 1. The van der Waals surface area contributed by atoms with Crippen molar-refractivity contribution in [1.82, 2.24) is 9.88 Å². The number of aromatic amines is 1. The maximum atomic E-state index is 12.5. The Hall–Kier alpha value is -2.89. The van der Waals surface area contributed by atoms with E-state index in [2.05, 4.69) is 9.72 Å². The quantitative estimate of drug-likeness (QED) is 0.735. The average molecular weight is 344 g/mol. The summed E-state index contributed by atoms with van der Waals surface area (Å²) in [5.74, 6) is 0.0872. The van der Waals surface area contributed by atoms with Gasteiger partial charge in [0.15, 0.2) is 0 Å². The van der Waals surface area contributed by atoms with Crippen LogP contribution in [0.5, 0.6) is 5.75 Å². The Balaban J connectivity index is 1.62. The molecular formula is C19H18F2N2O2. The average Bonchev–Trinajstić information content (AvgIpc) is 2.99. The predicted octanol–water partition coefficient (Wildman–Crippen LogP) is 3.97. The molecule has 0 bridgehead atoms. The Morgan fingerprint density at radius 1 is 1.16 bits per heavy atom. The summed E-state index contributed by atoms with van der Waals surface area (Å²) in [5, 5.41) is 1.04. The van der Waals surface area contributed by atoms with Crippen LogP contribution in [-0.2, 0) is 17.8 Å². The zero-order valence-corrected chi connectivity index (χ0v) is 13.7. The Kier molecular flexibility index (Phi) is 4.97. The lowest BCUT2D eigenvalue weighted by atomic mass is 10.1. The van der Waals surface area contributed by atoms with Crippen LogP contribution in [0.1, 0.15) is 11.1 Å². The van der Waals surface area contributed by atoms with Crippen LogP contribution in [0.4, 0.5) is 8.78 Å². The normalized spacial score (nSPS) is 11.0. The van der Waals surface area contributed by atoms with Gasteiger partial charge < -0.3 is 14.6 Å². The fraction of sp³-hybridized carbons (Fsp3) is 0.211. The molecule has 0 aliphatic heterocycles. The molecule has 4 nitrogen and oxygen atoms in total. The van der Waals surface area contributed by atoms with Gasteiger partial charge in [-0.2, -0.15) is 8.78 Å². The zero-order valence-electron chi connectivity index (χ0n) is 13.7. The van der Waals surface area contributed by atoms with Crippen LogP contribution in [0.15, 0.2) is 54.7 Å². The number of hydrogen-bond acceptors (Lipinski definition) is 2. The second-order valence-corrected chi connectivity index (χ2v) is 5.81. The largest absolute Gasteiger partial charge is 0.435 e. The van der Waals surface area contributed by atoms with E-state index in [4.69, 9.17) is 0 Å². The van der Waals surface area contributed by atoms with Crippen molar-refractivity contribution < 1.29 is 18.3 Å². The van der Waals surface area contributed by atoms with E-state index in [0.717, 1.165) is 22.0 Å². The lowest BCUT2D eigenvalue weighted by molar-refractivity contribution is -0.129. The summed E-state index contributed by atoms with van der Waals surface area (Å²) >= 11 is 0. The van der Waals surface area contributed by atoms with Gasteiger partial charge in [0.25, 0.3) is 0 Å². The van der Waals surface area contributed by atoms with E-state index in [1.807, 2.05) is 30.5 Å². The summed E-state index contributed by atoms with van der Waals surface area (Å²) in [6.45, 7) is -2.44. The third-order valence-corrected chi connectivity index (χ3v) is 4.01. The Bertz CT molecular complexity index is 859. The summed E-state index contributed by atoms with van der Waals surface area (Å²) < 4.78 is 28.6. The van der Waals surface area contributed by atoms with Crippen LogP contribution in [0.2, 0.25) is 0 Å². The molecule has 0 fully saturated rings. The van der Waals surface area contributed by atoms with E-state index >= 15 is 0 Å². The van der Waals surface area contributed by atoms with Crippen LogP contribution in [-0.4, -0.2) is 29.5 Å². The second kappa shape index (κ2) is 7.34. The van der Waals surface area contributed by atoms with Gasteiger partial charge in [0.05, 0.1) is 6.42 Å². The monoisotopic (exact) mass is 344 g/mol. The Labute approximate surface area is 144 Å². The van der Waals surface area contributed by atoms with Crippen LogP contribution in [0.25, 0.3) is 10.9 Å². The molecule has 0 atom stereocenters. The van der Waals surface area contributed by atoms with Gasteiger partial charge >= 0.3 is 6.61 Å². The predicted molar refractivity (Wildman–Crippen MR) is 91.6 cm³/mol. The smallest absolute Gasteiger partial charge is 0.387 e. The number of fused-ring (bicyclic) bond motifs is 1. The summed E-state index contributed by atoms with van der Waals surface area (Å²) in [4.78, 5) is 17.2. The number of likely N-dealkylation sites (N-methyl/N-ethyl adjacent to an activating group) is 1. The summed E-state index contributed by atoms with van der Waals surface area (Å²) in [6, 6.07) is 14.1. The first-order chi connectivity index (χ1) is 12.0. The van der Waals surface area contributed by atoms with Crippen molar-refractivity contribution in [3.63, 3.8) is 0 Å². The summed E-state index contributed by atoms with van der Waals surface area (Å²) in [5.41, 5.74) is 2.80. The standard InChI is InChI=1S/C19H18F2N2O2/c1-23(12-13-6-8-15(9-7-13)25-19(20)21)18(24)10-14-11-22-17-5-3-2-4-16(14)17/h2-9,11,19,22H,10,12H2,1H3. The van der Waals surface area contributed by atoms with Crippen molar-refractivity contribution in [2.24, 2.45) is 0 Å². The van der Waals surface area contributed by atoms with E-state index < -0.39 is 6.61 Å². The molecule has 1 aromatic heterocycles. The number of alkyl halides is 2. The van der Waals surface area contributed by atoms with Crippen LogP contribution < -0.4 is 4.74 Å². The minimum Gasteiger partial charge on any atom is -0.435 e. The number of hydrogen-bond donors (Lipinski definition) is 1.